The van der Waals surface area contributed by atoms with E-state index in [4.69, 9.17) is 14.2 Å². The second-order valence-electron chi connectivity index (χ2n) is 4.59. The predicted octanol–water partition coefficient (Wildman–Crippen LogP) is 4.58. The minimum absolute atomic E-state index is 0.238. The second kappa shape index (κ2) is 7.63. The number of hydrogen-bond acceptors (Lipinski definition) is 3. The summed E-state index contributed by atoms with van der Waals surface area (Å²) >= 11 is 3.78. The standard InChI is InChI=1S/C15H23BrO3/c1-6-7-10(2)13(16)11-8-9-12(17-3)15(19-5)14(11)18-4/h8-10,13H,6-7H2,1-5H3. The van der Waals surface area contributed by atoms with Crippen molar-refractivity contribution in [2.75, 3.05) is 21.3 Å². The van der Waals surface area contributed by atoms with Crippen molar-refractivity contribution in [1.82, 2.24) is 0 Å². The molecule has 0 amide bonds. The van der Waals surface area contributed by atoms with Crippen molar-refractivity contribution in [3.05, 3.63) is 17.7 Å². The minimum atomic E-state index is 0.238. The molecule has 1 rings (SSSR count). The number of methoxy groups -OCH3 is 3. The third-order valence-electron chi connectivity index (χ3n) is 3.28. The van der Waals surface area contributed by atoms with Gasteiger partial charge in [-0.3, -0.25) is 0 Å². The Morgan fingerprint density at radius 2 is 1.68 bits per heavy atom. The Labute approximate surface area is 124 Å². The fourth-order valence-corrected chi connectivity index (χ4v) is 2.87. The van der Waals surface area contributed by atoms with E-state index in [2.05, 4.69) is 29.8 Å². The highest BCUT2D eigenvalue weighted by molar-refractivity contribution is 9.09. The van der Waals surface area contributed by atoms with Gasteiger partial charge in [-0.15, -0.1) is 0 Å². The molecule has 0 N–H and O–H groups in total. The van der Waals surface area contributed by atoms with Crippen LogP contribution in [0.4, 0.5) is 0 Å². The maximum Gasteiger partial charge on any atom is 0.203 e. The quantitative estimate of drug-likeness (QED) is 0.684. The van der Waals surface area contributed by atoms with Crippen molar-refractivity contribution >= 4 is 15.9 Å². The number of hydrogen-bond donors (Lipinski definition) is 0. The molecule has 108 valence electrons. The molecule has 0 aliphatic rings. The smallest absolute Gasteiger partial charge is 0.203 e. The Morgan fingerprint density at radius 1 is 1.05 bits per heavy atom. The Bertz CT molecular complexity index is 407. The van der Waals surface area contributed by atoms with E-state index in [0.29, 0.717) is 17.4 Å². The molecule has 1 aromatic rings. The van der Waals surface area contributed by atoms with Crippen LogP contribution in [0.3, 0.4) is 0 Å². The summed E-state index contributed by atoms with van der Waals surface area (Å²) in [5.74, 6) is 2.60. The molecule has 0 heterocycles. The van der Waals surface area contributed by atoms with Crippen molar-refractivity contribution in [1.29, 1.82) is 0 Å². The number of ether oxygens (including phenoxy) is 3. The van der Waals surface area contributed by atoms with Gasteiger partial charge in [0.25, 0.3) is 0 Å². The molecule has 2 atom stereocenters. The fraction of sp³-hybridized carbons (Fsp3) is 0.600. The van der Waals surface area contributed by atoms with Crippen LogP contribution in [0.2, 0.25) is 0 Å². The molecule has 3 nitrogen and oxygen atoms in total. The molecular weight excluding hydrogens is 308 g/mol. The minimum Gasteiger partial charge on any atom is -0.493 e. The second-order valence-corrected chi connectivity index (χ2v) is 5.58. The van der Waals surface area contributed by atoms with E-state index < -0.39 is 0 Å². The van der Waals surface area contributed by atoms with Crippen LogP contribution in [0, 0.1) is 5.92 Å². The molecule has 2 unspecified atom stereocenters. The van der Waals surface area contributed by atoms with Crippen molar-refractivity contribution in [2.24, 2.45) is 5.92 Å². The van der Waals surface area contributed by atoms with Crippen molar-refractivity contribution in [3.63, 3.8) is 0 Å². The summed E-state index contributed by atoms with van der Waals surface area (Å²) in [4.78, 5) is 0.238. The normalized spacial score (nSPS) is 13.8. The van der Waals surface area contributed by atoms with Crippen LogP contribution in [-0.4, -0.2) is 21.3 Å². The first-order valence-corrected chi connectivity index (χ1v) is 7.45. The lowest BCUT2D eigenvalue weighted by Gasteiger charge is -2.22. The lowest BCUT2D eigenvalue weighted by molar-refractivity contribution is 0.320. The lowest BCUT2D eigenvalue weighted by atomic mass is 9.95. The molecule has 0 aliphatic heterocycles. The van der Waals surface area contributed by atoms with Gasteiger partial charge in [-0.25, -0.2) is 0 Å². The van der Waals surface area contributed by atoms with Crippen molar-refractivity contribution in [3.8, 4) is 17.2 Å². The highest BCUT2D eigenvalue weighted by Gasteiger charge is 2.23. The van der Waals surface area contributed by atoms with Crippen LogP contribution in [-0.2, 0) is 0 Å². The average Bonchev–Trinajstić information content (AvgIpc) is 2.44. The molecule has 4 heteroatoms. The van der Waals surface area contributed by atoms with E-state index in [1.165, 1.54) is 6.42 Å². The van der Waals surface area contributed by atoms with Gasteiger partial charge in [0.15, 0.2) is 11.5 Å². The largest absolute Gasteiger partial charge is 0.493 e. The summed E-state index contributed by atoms with van der Waals surface area (Å²) in [5.41, 5.74) is 1.10. The van der Waals surface area contributed by atoms with Crippen LogP contribution < -0.4 is 14.2 Å². The molecule has 1 aromatic carbocycles. The number of halogens is 1. The average molecular weight is 331 g/mol. The van der Waals surface area contributed by atoms with Crippen LogP contribution in [0.25, 0.3) is 0 Å². The Kier molecular flexibility index (Phi) is 6.49. The van der Waals surface area contributed by atoms with E-state index >= 15 is 0 Å². The van der Waals surface area contributed by atoms with Gasteiger partial charge in [0.1, 0.15) is 0 Å². The van der Waals surface area contributed by atoms with E-state index in [0.717, 1.165) is 17.7 Å². The molecule has 19 heavy (non-hydrogen) atoms. The molecule has 0 aromatic heterocycles. The van der Waals surface area contributed by atoms with E-state index in [1.54, 1.807) is 21.3 Å². The van der Waals surface area contributed by atoms with Crippen molar-refractivity contribution in [2.45, 2.75) is 31.5 Å². The Morgan fingerprint density at radius 3 is 2.16 bits per heavy atom. The van der Waals surface area contributed by atoms with Gasteiger partial charge in [-0.1, -0.05) is 42.3 Å². The molecule has 0 bridgehead atoms. The summed E-state index contributed by atoms with van der Waals surface area (Å²) < 4.78 is 16.2. The van der Waals surface area contributed by atoms with E-state index in [1.807, 2.05) is 12.1 Å². The maximum atomic E-state index is 5.52. The summed E-state index contributed by atoms with van der Waals surface area (Å²) in [6, 6.07) is 3.95. The van der Waals surface area contributed by atoms with E-state index in [9.17, 15) is 0 Å². The van der Waals surface area contributed by atoms with Gasteiger partial charge in [-0.2, -0.15) is 0 Å². The zero-order valence-electron chi connectivity index (χ0n) is 12.3. The SMILES string of the molecule is CCCC(C)C(Br)c1ccc(OC)c(OC)c1OC. The van der Waals surface area contributed by atoms with Crippen LogP contribution in [0.15, 0.2) is 12.1 Å². The number of rotatable bonds is 7. The Balaban J connectivity index is 3.20. The molecular formula is C15H23BrO3. The maximum absolute atomic E-state index is 5.52. The van der Waals surface area contributed by atoms with E-state index in [-0.39, 0.29) is 4.83 Å². The number of benzene rings is 1. The summed E-state index contributed by atoms with van der Waals surface area (Å²) in [6.07, 6.45) is 2.33. The summed E-state index contributed by atoms with van der Waals surface area (Å²) in [6.45, 7) is 4.43. The predicted molar refractivity (Wildman–Crippen MR) is 81.8 cm³/mol. The first-order chi connectivity index (χ1) is 9.10. The molecule has 0 aliphatic carbocycles. The third-order valence-corrected chi connectivity index (χ3v) is 4.67. The molecule has 0 spiro atoms. The third kappa shape index (κ3) is 3.56. The van der Waals surface area contributed by atoms with Crippen LogP contribution in [0.1, 0.15) is 37.1 Å². The molecule has 0 fully saturated rings. The van der Waals surface area contributed by atoms with Gasteiger partial charge < -0.3 is 14.2 Å². The number of alkyl halides is 1. The monoisotopic (exact) mass is 330 g/mol. The van der Waals surface area contributed by atoms with Crippen molar-refractivity contribution < 1.29 is 14.2 Å². The summed E-state index contributed by atoms with van der Waals surface area (Å²) in [7, 11) is 4.91. The Hall–Kier alpha value is -0.900. The highest BCUT2D eigenvalue weighted by Crippen LogP contribution is 2.46. The fourth-order valence-electron chi connectivity index (χ4n) is 2.25. The van der Waals surface area contributed by atoms with Gasteiger partial charge in [0.05, 0.1) is 21.3 Å². The molecule has 0 saturated carbocycles. The highest BCUT2D eigenvalue weighted by atomic mass is 79.9. The zero-order valence-corrected chi connectivity index (χ0v) is 13.9. The topological polar surface area (TPSA) is 27.7 Å². The van der Waals surface area contributed by atoms with Gasteiger partial charge >= 0.3 is 0 Å². The zero-order chi connectivity index (χ0) is 14.4. The van der Waals surface area contributed by atoms with Crippen LogP contribution >= 0.6 is 15.9 Å². The van der Waals surface area contributed by atoms with Crippen LogP contribution in [0.5, 0.6) is 17.2 Å². The van der Waals surface area contributed by atoms with Gasteiger partial charge in [-0.05, 0) is 18.4 Å². The van der Waals surface area contributed by atoms with Gasteiger partial charge in [0.2, 0.25) is 5.75 Å². The molecule has 0 radical (unpaired) electrons. The first kappa shape index (κ1) is 16.2. The first-order valence-electron chi connectivity index (χ1n) is 6.53. The lowest BCUT2D eigenvalue weighted by Crippen LogP contribution is -2.06. The summed E-state index contributed by atoms with van der Waals surface area (Å²) in [5, 5.41) is 0. The molecule has 0 saturated heterocycles. The van der Waals surface area contributed by atoms with Gasteiger partial charge in [0, 0.05) is 10.4 Å².